The highest BCUT2D eigenvalue weighted by Crippen LogP contribution is 2.27. The van der Waals surface area contributed by atoms with E-state index in [9.17, 15) is 32.3 Å². The molecule has 0 aliphatic heterocycles. The zero-order valence-corrected chi connectivity index (χ0v) is 21.1. The molecule has 1 aromatic heterocycles. The number of esters is 1. The smallest absolute Gasteiger partial charge is 0.308 e. The molecule has 10 nitrogen and oxygen atoms in total. The first-order chi connectivity index (χ1) is 18.5. The zero-order valence-electron chi connectivity index (χ0n) is 21.1. The van der Waals surface area contributed by atoms with Gasteiger partial charge >= 0.3 is 5.97 Å². The normalized spacial score (nSPS) is 12.3. The van der Waals surface area contributed by atoms with Crippen molar-refractivity contribution in [2.45, 2.75) is 32.4 Å². The van der Waals surface area contributed by atoms with E-state index in [1.807, 2.05) is 6.07 Å². The summed E-state index contributed by atoms with van der Waals surface area (Å²) in [4.78, 5) is 49.9. The van der Waals surface area contributed by atoms with Gasteiger partial charge in [0.05, 0.1) is 19.2 Å². The lowest BCUT2D eigenvalue weighted by molar-refractivity contribution is -0.143. The van der Waals surface area contributed by atoms with Crippen molar-refractivity contribution in [1.82, 2.24) is 20.8 Å². The number of rotatable bonds is 11. The number of hydrogen-bond donors (Lipinski definition) is 3. The molecule has 0 radical (unpaired) electrons. The van der Waals surface area contributed by atoms with Gasteiger partial charge in [0.1, 0.15) is 30.2 Å². The number of Topliss-reactive ketones (excluding diaryl/α,β-unsaturated/α-hetero) is 1. The van der Waals surface area contributed by atoms with Gasteiger partial charge in [-0.15, -0.1) is 0 Å². The summed E-state index contributed by atoms with van der Waals surface area (Å²) in [5, 5.41) is 11.4. The van der Waals surface area contributed by atoms with Gasteiger partial charge in [0.15, 0.2) is 17.3 Å². The van der Waals surface area contributed by atoms with E-state index in [4.69, 9.17) is 4.74 Å². The molecule has 0 saturated carbocycles. The fourth-order valence-electron chi connectivity index (χ4n) is 3.41. The first kappa shape index (κ1) is 28.9. The third-order valence-corrected chi connectivity index (χ3v) is 5.66. The van der Waals surface area contributed by atoms with E-state index >= 15 is 0 Å². The number of methoxy groups -OCH3 is 1. The van der Waals surface area contributed by atoms with Crippen LogP contribution in [0.3, 0.4) is 0 Å². The molecule has 0 saturated heterocycles. The second-order valence-corrected chi connectivity index (χ2v) is 8.43. The molecule has 0 fully saturated rings. The van der Waals surface area contributed by atoms with E-state index in [1.165, 1.54) is 13.0 Å². The van der Waals surface area contributed by atoms with Crippen LogP contribution in [-0.2, 0) is 19.1 Å². The van der Waals surface area contributed by atoms with Crippen LogP contribution in [-0.4, -0.2) is 59.6 Å². The molecule has 2 atom stereocenters. The Balaban J connectivity index is 1.65. The van der Waals surface area contributed by atoms with Crippen molar-refractivity contribution in [2.75, 3.05) is 13.7 Å². The van der Waals surface area contributed by atoms with E-state index in [1.54, 1.807) is 24.3 Å². The van der Waals surface area contributed by atoms with Gasteiger partial charge in [-0.25, -0.2) is 8.78 Å². The van der Waals surface area contributed by atoms with Crippen LogP contribution in [0.5, 0.6) is 5.75 Å². The Morgan fingerprint density at radius 1 is 1.03 bits per heavy atom. The van der Waals surface area contributed by atoms with Gasteiger partial charge in [0.2, 0.25) is 11.7 Å². The average molecular weight is 547 g/mol. The number of ketones is 1. The Bertz CT molecular complexity index is 1350. The summed E-state index contributed by atoms with van der Waals surface area (Å²) in [6, 6.07) is 8.19. The summed E-state index contributed by atoms with van der Waals surface area (Å²) in [6.45, 7) is 1.53. The number of ether oxygens (including phenoxy) is 2. The first-order valence-electron chi connectivity index (χ1n) is 11.6. The number of hydrogen-bond acceptors (Lipinski definition) is 7. The monoisotopic (exact) mass is 546 g/mol. The number of carbonyl (C=O) groups excluding carboxylic acids is 4. The van der Waals surface area contributed by atoms with Gasteiger partial charge in [0, 0.05) is 17.2 Å². The molecule has 0 aliphatic carbocycles. The third-order valence-electron chi connectivity index (χ3n) is 5.66. The summed E-state index contributed by atoms with van der Waals surface area (Å²) >= 11 is 0. The molecule has 3 aromatic rings. The Hall–Kier alpha value is -4.68. The number of H-pyrrole nitrogens is 1. The molecule has 3 N–H and O–H groups in total. The maximum atomic E-state index is 14.1. The lowest BCUT2D eigenvalue weighted by Crippen LogP contribution is -2.51. The van der Waals surface area contributed by atoms with Gasteiger partial charge in [-0.1, -0.05) is 30.3 Å². The molecule has 206 valence electrons. The van der Waals surface area contributed by atoms with Crippen molar-refractivity contribution in [1.29, 1.82) is 0 Å². The number of amides is 2. The SMILES string of the molecule is COC(=O)C[C@H](NC(=O)[C@H](C)NC(=O)c1cc(-c2ccccc2)n[nH]1)C(=O)COc1c(C)c(F)cc(F)c1F. The number of aromatic amines is 1. The molecule has 0 spiro atoms. The molecule has 39 heavy (non-hydrogen) atoms. The first-order valence-corrected chi connectivity index (χ1v) is 11.6. The maximum absolute atomic E-state index is 14.1. The molecule has 1 heterocycles. The van der Waals surface area contributed by atoms with E-state index in [0.29, 0.717) is 11.8 Å². The van der Waals surface area contributed by atoms with Crippen LogP contribution in [0.1, 0.15) is 29.4 Å². The van der Waals surface area contributed by atoms with E-state index in [-0.39, 0.29) is 11.3 Å². The van der Waals surface area contributed by atoms with Crippen LogP contribution >= 0.6 is 0 Å². The fraction of sp³-hybridized carbons (Fsp3) is 0.269. The van der Waals surface area contributed by atoms with Gasteiger partial charge in [0.25, 0.3) is 5.91 Å². The molecule has 2 aromatic carbocycles. The van der Waals surface area contributed by atoms with Crippen LogP contribution < -0.4 is 15.4 Å². The molecular formula is C26H25F3N4O6. The maximum Gasteiger partial charge on any atom is 0.308 e. The molecule has 13 heteroatoms. The van der Waals surface area contributed by atoms with Gasteiger partial charge in [-0.05, 0) is 19.9 Å². The van der Waals surface area contributed by atoms with Crippen molar-refractivity contribution in [3.8, 4) is 17.0 Å². The summed E-state index contributed by atoms with van der Waals surface area (Å²) in [5.41, 5.74) is 0.970. The standard InChI is InChI=1S/C26H25F3N4O6/c1-13-16(27)9-17(28)23(29)24(13)39-12-21(34)19(11-22(35)38-3)31-25(36)14(2)30-26(37)20-10-18(32-33-20)15-7-5-4-6-8-15/h4-10,14,19H,11-12H2,1-3H3,(H,30,37)(H,31,36)(H,32,33)/t14-,19-/m0/s1. The number of halogens is 3. The lowest BCUT2D eigenvalue weighted by atomic mass is 10.1. The molecule has 0 bridgehead atoms. The zero-order chi connectivity index (χ0) is 28.7. The molecule has 3 rings (SSSR count). The molecule has 0 unspecified atom stereocenters. The molecular weight excluding hydrogens is 521 g/mol. The minimum absolute atomic E-state index is 0.0730. The Morgan fingerprint density at radius 3 is 2.38 bits per heavy atom. The van der Waals surface area contributed by atoms with Crippen LogP contribution in [0.4, 0.5) is 13.2 Å². The van der Waals surface area contributed by atoms with Crippen molar-refractivity contribution in [3.05, 3.63) is 71.2 Å². The summed E-state index contributed by atoms with van der Waals surface area (Å²) in [6.07, 6.45) is -0.620. The highest BCUT2D eigenvalue weighted by molar-refractivity contribution is 5.98. The minimum Gasteiger partial charge on any atom is -0.482 e. The number of nitrogens with one attached hydrogen (secondary N) is 3. The van der Waals surface area contributed by atoms with Crippen LogP contribution in [0.15, 0.2) is 42.5 Å². The minimum atomic E-state index is -1.52. The van der Waals surface area contributed by atoms with Gasteiger partial charge in [-0.3, -0.25) is 24.3 Å². The van der Waals surface area contributed by atoms with Crippen LogP contribution in [0, 0.1) is 24.4 Å². The predicted molar refractivity (Wildman–Crippen MR) is 131 cm³/mol. The number of benzene rings is 2. The summed E-state index contributed by atoms with van der Waals surface area (Å²) < 4.78 is 50.9. The van der Waals surface area contributed by atoms with Crippen LogP contribution in [0.25, 0.3) is 11.3 Å². The van der Waals surface area contributed by atoms with Crippen molar-refractivity contribution < 1.29 is 41.8 Å². The second kappa shape index (κ2) is 12.7. The van der Waals surface area contributed by atoms with Crippen molar-refractivity contribution in [2.24, 2.45) is 0 Å². The molecule has 2 amide bonds. The predicted octanol–water partition coefficient (Wildman–Crippen LogP) is 2.62. The van der Waals surface area contributed by atoms with E-state index in [2.05, 4.69) is 25.6 Å². The largest absolute Gasteiger partial charge is 0.482 e. The Kier molecular flexibility index (Phi) is 9.42. The number of nitrogens with zero attached hydrogens (tertiary/aromatic N) is 1. The van der Waals surface area contributed by atoms with E-state index in [0.717, 1.165) is 19.6 Å². The average Bonchev–Trinajstić information content (AvgIpc) is 3.42. The van der Waals surface area contributed by atoms with Gasteiger partial charge in [-0.2, -0.15) is 9.49 Å². The van der Waals surface area contributed by atoms with Crippen LogP contribution in [0.2, 0.25) is 0 Å². The van der Waals surface area contributed by atoms with E-state index < -0.39 is 71.9 Å². The number of aromatic nitrogens is 2. The van der Waals surface area contributed by atoms with Crippen molar-refractivity contribution >= 4 is 23.6 Å². The quantitative estimate of drug-likeness (QED) is 0.248. The van der Waals surface area contributed by atoms with Gasteiger partial charge < -0.3 is 20.1 Å². The highest BCUT2D eigenvalue weighted by Gasteiger charge is 2.28. The highest BCUT2D eigenvalue weighted by atomic mass is 19.2. The second-order valence-electron chi connectivity index (χ2n) is 8.43. The number of carbonyl (C=O) groups is 4. The summed E-state index contributed by atoms with van der Waals surface area (Å²) in [5.74, 6) is -8.21. The Morgan fingerprint density at radius 2 is 1.72 bits per heavy atom. The third kappa shape index (κ3) is 7.21. The van der Waals surface area contributed by atoms with Crippen molar-refractivity contribution in [3.63, 3.8) is 0 Å². The summed E-state index contributed by atoms with van der Waals surface area (Å²) in [7, 11) is 1.06. The molecule has 0 aliphatic rings. The fourth-order valence-corrected chi connectivity index (χ4v) is 3.41. The lowest BCUT2D eigenvalue weighted by Gasteiger charge is -2.20. The Labute approximate surface area is 220 Å². The topological polar surface area (TPSA) is 139 Å².